The number of nitrogens with one attached hydrogen (secondary N) is 2. The maximum absolute atomic E-state index is 12.6. The lowest BCUT2D eigenvalue weighted by molar-refractivity contribution is -0.145. The monoisotopic (exact) mass is 439 g/mol. The van der Waals surface area contributed by atoms with Crippen molar-refractivity contribution in [3.63, 3.8) is 0 Å². The molecule has 2 rings (SSSR count). The highest BCUT2D eigenvalue weighted by Gasteiger charge is 2.24. The number of ether oxygens (including phenoxy) is 2. The third kappa shape index (κ3) is 7.86. The molecule has 2 aromatic rings. The summed E-state index contributed by atoms with van der Waals surface area (Å²) in [6, 6.07) is 13.2. The van der Waals surface area contributed by atoms with Crippen LogP contribution in [0.25, 0.3) is 0 Å². The number of nitrogens with zero attached hydrogens (tertiary/aromatic N) is 1. The molecule has 0 radical (unpaired) electrons. The van der Waals surface area contributed by atoms with E-state index in [0.717, 1.165) is 5.56 Å². The van der Waals surface area contributed by atoms with Crippen molar-refractivity contribution in [3.05, 3.63) is 65.2 Å². The number of hydrazone groups is 1. The molecule has 0 saturated carbocycles. The van der Waals surface area contributed by atoms with Crippen molar-refractivity contribution >= 4 is 24.0 Å². The van der Waals surface area contributed by atoms with Crippen molar-refractivity contribution in [3.8, 4) is 5.75 Å². The summed E-state index contributed by atoms with van der Waals surface area (Å²) in [5.41, 5.74) is 4.66. The second-order valence-electron chi connectivity index (χ2n) is 7.46. The average molecular weight is 440 g/mol. The van der Waals surface area contributed by atoms with E-state index in [1.165, 1.54) is 6.21 Å². The lowest BCUT2D eigenvalue weighted by Crippen LogP contribution is -2.48. The summed E-state index contributed by atoms with van der Waals surface area (Å²) in [6.07, 6.45) is 1.45. The lowest BCUT2D eigenvalue weighted by atomic mass is 10.0. The van der Waals surface area contributed by atoms with Gasteiger partial charge in [-0.05, 0) is 49.6 Å². The Kier molecular flexibility index (Phi) is 9.41. The molecule has 8 heteroatoms. The van der Waals surface area contributed by atoms with E-state index in [0.29, 0.717) is 16.9 Å². The molecule has 1 unspecified atom stereocenters. The molecule has 2 N–H and O–H groups in total. The van der Waals surface area contributed by atoms with Gasteiger partial charge in [-0.25, -0.2) is 10.2 Å². The van der Waals surface area contributed by atoms with Crippen LogP contribution in [0.15, 0.2) is 53.6 Å². The molecule has 0 fully saturated rings. The Balaban J connectivity index is 1.95. The summed E-state index contributed by atoms with van der Waals surface area (Å²) in [4.78, 5) is 36.5. The predicted molar refractivity (Wildman–Crippen MR) is 122 cm³/mol. The molecule has 1 atom stereocenters. The quantitative estimate of drug-likeness (QED) is 0.336. The molecule has 2 amide bonds. The first-order valence-electron chi connectivity index (χ1n) is 10.4. The summed E-state index contributed by atoms with van der Waals surface area (Å²) in [6.45, 7) is 7.44. The van der Waals surface area contributed by atoms with Gasteiger partial charge < -0.3 is 14.8 Å². The number of carbonyl (C=O) groups excluding carboxylic acids is 3. The number of esters is 1. The summed E-state index contributed by atoms with van der Waals surface area (Å²) in [7, 11) is 0. The number of hydrogen-bond acceptors (Lipinski definition) is 6. The first kappa shape index (κ1) is 24.6. The number of rotatable bonds is 10. The van der Waals surface area contributed by atoms with Crippen molar-refractivity contribution in [2.24, 2.45) is 11.0 Å². The average Bonchev–Trinajstić information content (AvgIpc) is 2.76. The smallest absolute Gasteiger partial charge is 0.344 e. The van der Waals surface area contributed by atoms with Gasteiger partial charge in [0.15, 0.2) is 6.61 Å². The highest BCUT2D eigenvalue weighted by Crippen LogP contribution is 2.12. The second kappa shape index (κ2) is 12.2. The van der Waals surface area contributed by atoms with Crippen LogP contribution in [0.4, 0.5) is 0 Å². The third-order valence-electron chi connectivity index (χ3n) is 4.46. The van der Waals surface area contributed by atoms with Crippen LogP contribution in [-0.4, -0.2) is 43.3 Å². The summed E-state index contributed by atoms with van der Waals surface area (Å²) in [5.74, 6) is -0.870. The van der Waals surface area contributed by atoms with Crippen molar-refractivity contribution in [2.45, 2.75) is 33.7 Å². The summed E-state index contributed by atoms with van der Waals surface area (Å²) < 4.78 is 10.2. The first-order valence-corrected chi connectivity index (χ1v) is 10.4. The third-order valence-corrected chi connectivity index (χ3v) is 4.46. The van der Waals surface area contributed by atoms with Crippen molar-refractivity contribution < 1.29 is 23.9 Å². The van der Waals surface area contributed by atoms with Crippen LogP contribution in [0.1, 0.15) is 42.3 Å². The molecule has 0 saturated heterocycles. The van der Waals surface area contributed by atoms with Gasteiger partial charge in [0.2, 0.25) is 0 Å². The molecule has 0 aliphatic heterocycles. The van der Waals surface area contributed by atoms with Gasteiger partial charge in [-0.2, -0.15) is 5.10 Å². The normalized spacial score (nSPS) is 11.8. The Morgan fingerprint density at radius 3 is 2.47 bits per heavy atom. The van der Waals surface area contributed by atoms with Gasteiger partial charge in [0.25, 0.3) is 11.8 Å². The minimum atomic E-state index is -0.750. The molecule has 32 heavy (non-hydrogen) atoms. The van der Waals surface area contributed by atoms with E-state index >= 15 is 0 Å². The highest BCUT2D eigenvalue weighted by atomic mass is 16.6. The van der Waals surface area contributed by atoms with Crippen LogP contribution < -0.4 is 15.5 Å². The fourth-order valence-corrected chi connectivity index (χ4v) is 2.73. The van der Waals surface area contributed by atoms with Gasteiger partial charge in [0.05, 0.1) is 12.8 Å². The van der Waals surface area contributed by atoms with Crippen molar-refractivity contribution in [2.75, 3.05) is 13.2 Å². The second-order valence-corrected chi connectivity index (χ2v) is 7.46. The number of aryl methyl sites for hydroxylation is 1. The molecular formula is C24H29N3O5. The SMILES string of the molecule is CCOC(=O)COc1cccc(C=NNC(=O)C(NC(=O)c2ccc(C)cc2)C(C)C)c1. The van der Waals surface area contributed by atoms with E-state index in [9.17, 15) is 14.4 Å². The zero-order valence-electron chi connectivity index (χ0n) is 18.8. The molecule has 0 aliphatic rings. The van der Waals surface area contributed by atoms with Crippen LogP contribution in [0, 0.1) is 12.8 Å². The zero-order chi connectivity index (χ0) is 23.5. The van der Waals surface area contributed by atoms with E-state index in [-0.39, 0.29) is 25.0 Å². The topological polar surface area (TPSA) is 106 Å². The van der Waals surface area contributed by atoms with E-state index in [2.05, 4.69) is 15.8 Å². The minimum Gasteiger partial charge on any atom is -0.482 e. The molecule has 170 valence electrons. The summed E-state index contributed by atoms with van der Waals surface area (Å²) in [5, 5.41) is 6.74. The van der Waals surface area contributed by atoms with E-state index in [1.807, 2.05) is 32.9 Å². The van der Waals surface area contributed by atoms with Crippen LogP contribution in [0.3, 0.4) is 0 Å². The number of amides is 2. The van der Waals surface area contributed by atoms with Crippen molar-refractivity contribution in [1.82, 2.24) is 10.7 Å². The van der Waals surface area contributed by atoms with Crippen LogP contribution in [0.5, 0.6) is 5.75 Å². The van der Waals surface area contributed by atoms with Crippen LogP contribution in [0.2, 0.25) is 0 Å². The van der Waals surface area contributed by atoms with Gasteiger partial charge in [-0.15, -0.1) is 0 Å². The van der Waals surface area contributed by atoms with E-state index in [1.54, 1.807) is 43.3 Å². The Morgan fingerprint density at radius 2 is 1.81 bits per heavy atom. The maximum atomic E-state index is 12.6. The Bertz CT molecular complexity index is 954. The van der Waals surface area contributed by atoms with Gasteiger partial charge in [0, 0.05) is 5.56 Å². The lowest BCUT2D eigenvalue weighted by Gasteiger charge is -2.20. The zero-order valence-corrected chi connectivity index (χ0v) is 18.8. The highest BCUT2D eigenvalue weighted by molar-refractivity contribution is 5.97. The van der Waals surface area contributed by atoms with Gasteiger partial charge in [-0.1, -0.05) is 43.7 Å². The standard InChI is InChI=1S/C24H29N3O5/c1-5-31-21(28)15-32-20-8-6-7-18(13-20)14-25-27-24(30)22(16(2)3)26-23(29)19-11-9-17(4)10-12-19/h6-14,16,22H,5,15H2,1-4H3,(H,26,29)(H,27,30). The summed E-state index contributed by atoms with van der Waals surface area (Å²) >= 11 is 0. The number of benzene rings is 2. The number of carbonyl (C=O) groups is 3. The van der Waals surface area contributed by atoms with Crippen LogP contribution in [-0.2, 0) is 14.3 Å². The Labute approximate surface area is 188 Å². The van der Waals surface area contributed by atoms with Gasteiger partial charge in [0.1, 0.15) is 11.8 Å². The first-order chi connectivity index (χ1) is 15.3. The fourth-order valence-electron chi connectivity index (χ4n) is 2.73. The predicted octanol–water partition coefficient (Wildman–Crippen LogP) is 2.84. The Hall–Kier alpha value is -3.68. The Morgan fingerprint density at radius 1 is 1.09 bits per heavy atom. The molecule has 0 spiro atoms. The van der Waals surface area contributed by atoms with Gasteiger partial charge in [-0.3, -0.25) is 9.59 Å². The van der Waals surface area contributed by atoms with Crippen LogP contribution >= 0.6 is 0 Å². The molecule has 0 bridgehead atoms. The minimum absolute atomic E-state index is 0.140. The molecule has 0 aliphatic carbocycles. The molecule has 2 aromatic carbocycles. The molecule has 0 heterocycles. The largest absolute Gasteiger partial charge is 0.482 e. The fraction of sp³-hybridized carbons (Fsp3) is 0.333. The molecule has 0 aromatic heterocycles. The van der Waals surface area contributed by atoms with Gasteiger partial charge >= 0.3 is 5.97 Å². The van der Waals surface area contributed by atoms with E-state index in [4.69, 9.17) is 9.47 Å². The number of hydrogen-bond donors (Lipinski definition) is 2. The van der Waals surface area contributed by atoms with E-state index < -0.39 is 17.9 Å². The van der Waals surface area contributed by atoms with Crippen molar-refractivity contribution in [1.29, 1.82) is 0 Å². The molecular weight excluding hydrogens is 410 g/mol. The molecule has 8 nitrogen and oxygen atoms in total. The maximum Gasteiger partial charge on any atom is 0.344 e.